The number of rotatable bonds is 0. The van der Waals surface area contributed by atoms with E-state index in [-0.39, 0.29) is 46.5 Å². The number of hydrogen-bond acceptors (Lipinski definition) is 12. The zero-order chi connectivity index (χ0) is 18.0. The molecule has 23 heavy (non-hydrogen) atoms. The largest absolute Gasteiger partial charge is 2.00 e. The van der Waals surface area contributed by atoms with Crippen LogP contribution in [0.2, 0.25) is 0 Å². The van der Waals surface area contributed by atoms with Crippen LogP contribution in [0.25, 0.3) is 0 Å². The van der Waals surface area contributed by atoms with E-state index in [0.29, 0.717) is 0 Å². The first-order chi connectivity index (χ1) is 8.00. The van der Waals surface area contributed by atoms with Gasteiger partial charge in [0.1, 0.15) is 0 Å². The summed E-state index contributed by atoms with van der Waals surface area (Å²) < 4.78 is 118. The fraction of sp³-hybridized carbons (Fsp3) is 0. The van der Waals surface area contributed by atoms with Crippen molar-refractivity contribution in [2.75, 3.05) is 0 Å². The van der Waals surface area contributed by atoms with Gasteiger partial charge in [-0.05, 0) is 0 Å². The van der Waals surface area contributed by atoms with E-state index in [0.717, 1.165) is 0 Å². The van der Waals surface area contributed by atoms with Crippen LogP contribution in [0.3, 0.4) is 0 Å². The van der Waals surface area contributed by atoms with Crippen LogP contribution in [0.4, 0.5) is 0 Å². The van der Waals surface area contributed by atoms with Gasteiger partial charge in [-0.3, -0.25) is 25.9 Å². The van der Waals surface area contributed by atoms with Gasteiger partial charge < -0.3 is 18.2 Å². The fourth-order valence-electron chi connectivity index (χ4n) is 0. The van der Waals surface area contributed by atoms with E-state index >= 15 is 0 Å². The average molecular weight is 589 g/mol. The van der Waals surface area contributed by atoms with E-state index < -0.39 is 39.5 Å². The zero-order valence-corrected chi connectivity index (χ0v) is 16.7. The third kappa shape index (κ3) is 5010. The Morgan fingerprint density at radius 3 is 0.609 bits per heavy atom. The van der Waals surface area contributed by atoms with Crippen molar-refractivity contribution in [1.29, 1.82) is 0 Å². The molecular formula is H3Cl3Cu2O14S4. The normalized spacial score (nSPS) is 10.1. The Bertz CT molecular complexity index is 489. The Morgan fingerprint density at radius 2 is 0.609 bits per heavy atom. The van der Waals surface area contributed by atoms with Gasteiger partial charge in [-0.2, -0.15) is 16.8 Å². The van der Waals surface area contributed by atoms with Crippen molar-refractivity contribution in [1.82, 2.24) is 0 Å². The number of halogens is 3. The maximum Gasteiger partial charge on any atom is 2.00 e. The molecule has 0 unspecified atom stereocenters. The maximum atomic E-state index is 9.16. The van der Waals surface area contributed by atoms with Gasteiger partial charge in [-0.1, -0.05) is 0 Å². The van der Waals surface area contributed by atoms with E-state index in [1.807, 2.05) is 0 Å². The van der Waals surface area contributed by atoms with Crippen molar-refractivity contribution >= 4 is 73.2 Å². The molecule has 0 bridgehead atoms. The first-order valence-electron chi connectivity index (χ1n) is 2.67. The average Bonchev–Trinajstić information content (AvgIpc) is 1.62. The van der Waals surface area contributed by atoms with Crippen LogP contribution in [-0.2, 0) is 73.6 Å². The molecule has 154 valence electrons. The van der Waals surface area contributed by atoms with Crippen LogP contribution in [0.5, 0.6) is 0 Å². The molecule has 14 nitrogen and oxygen atoms in total. The second kappa shape index (κ2) is 18.3. The van der Waals surface area contributed by atoms with Gasteiger partial charge in [0, 0.05) is 42.2 Å². The quantitative estimate of drug-likeness (QED) is 0.131. The second-order valence-corrected chi connectivity index (χ2v) is 7.84. The molecule has 0 aliphatic carbocycles. The molecule has 0 rings (SSSR count). The molecule has 0 aromatic rings. The molecule has 2 radical (unpaired) electrons. The van der Waals surface area contributed by atoms with Gasteiger partial charge in [0.25, 0.3) is 0 Å². The smallest absolute Gasteiger partial charge is 0.759 e. The first kappa shape index (κ1) is 44.2. The van der Waals surface area contributed by atoms with Crippen LogP contribution in [0, 0.1) is 0 Å². The molecule has 0 saturated carbocycles. The molecule has 0 heterocycles. The molecule has 0 aromatic carbocycles. The topological polar surface area (TPSA) is 269 Å². The fourth-order valence-corrected chi connectivity index (χ4v) is 0. The van der Waals surface area contributed by atoms with Crippen molar-refractivity contribution in [2.24, 2.45) is 0 Å². The van der Waals surface area contributed by atoms with Crippen LogP contribution < -0.4 is 0 Å². The van der Waals surface area contributed by atoms with E-state index in [4.69, 9.17) is 61.0 Å². The number of hydrogen-bond donors (Lipinski definition) is 2. The summed E-state index contributed by atoms with van der Waals surface area (Å²) in [7, 11) is -10.2. The molecule has 0 amide bonds. The summed E-state index contributed by atoms with van der Waals surface area (Å²) in [4.78, 5) is 0. The molecule has 0 aliphatic rings. The van der Waals surface area contributed by atoms with Crippen molar-refractivity contribution in [3.05, 3.63) is 0 Å². The van der Waals surface area contributed by atoms with Crippen LogP contribution in [0.15, 0.2) is 0 Å². The Hall–Kier alpha value is 1.47. The van der Waals surface area contributed by atoms with Crippen LogP contribution >= 0.6 is 33.8 Å². The van der Waals surface area contributed by atoms with Crippen molar-refractivity contribution < 1.29 is 95.1 Å². The molecule has 0 saturated heterocycles. The Kier molecular flexibility index (Phi) is 35.1. The summed E-state index contributed by atoms with van der Waals surface area (Å²) in [5.74, 6) is 0. The van der Waals surface area contributed by atoms with Crippen molar-refractivity contribution in [3.8, 4) is 0 Å². The van der Waals surface area contributed by atoms with Gasteiger partial charge in [0.15, 0.2) is 0 Å². The molecular weight excluding hydrogens is 586 g/mol. The summed E-state index contributed by atoms with van der Waals surface area (Å²) in [6.07, 6.45) is 0. The van der Waals surface area contributed by atoms with Gasteiger partial charge in [-0.25, -0.2) is 0 Å². The molecule has 23 heteroatoms. The Labute approximate surface area is 167 Å². The van der Waals surface area contributed by atoms with E-state index in [2.05, 4.69) is 21.4 Å². The minimum atomic E-state index is -5.17. The standard InChI is InChI=1S/Cl2O2S.ClH.2Cu.3H2O4S/c1-5(2,3)4;;;;3*1-5(2,3)4/h;1H;;;3*(H2,1,2,3,4)/q;;2*+2;;;/p-4. The van der Waals surface area contributed by atoms with E-state index in [1.165, 1.54) is 0 Å². The van der Waals surface area contributed by atoms with Crippen molar-refractivity contribution in [3.63, 3.8) is 0 Å². The predicted molar refractivity (Wildman–Crippen MR) is 63.0 cm³/mol. The van der Waals surface area contributed by atoms with Gasteiger partial charge in [0.2, 0.25) is 0 Å². The Morgan fingerprint density at radius 1 is 0.609 bits per heavy atom. The molecule has 0 spiro atoms. The molecule has 0 aromatic heterocycles. The summed E-state index contributed by atoms with van der Waals surface area (Å²) in [5.41, 5.74) is 0. The van der Waals surface area contributed by atoms with Gasteiger partial charge in [0.05, 0.1) is 0 Å². The minimum Gasteiger partial charge on any atom is -0.759 e. The monoisotopic (exact) mass is 586 g/mol. The first-order valence-corrected chi connectivity index (χ1v) is 9.87. The van der Waals surface area contributed by atoms with Crippen LogP contribution in [-0.4, -0.2) is 61.0 Å². The van der Waals surface area contributed by atoms with Crippen molar-refractivity contribution in [2.45, 2.75) is 0 Å². The second-order valence-electron chi connectivity index (χ2n) is 1.64. The molecule has 0 aliphatic heterocycles. The van der Waals surface area contributed by atoms with E-state index in [9.17, 15) is 0 Å². The zero-order valence-electron chi connectivity index (χ0n) is 9.19. The minimum absolute atomic E-state index is 0. The maximum absolute atomic E-state index is 9.16. The Balaban J connectivity index is -0.0000000284. The third-order valence-electron chi connectivity index (χ3n) is 0. The third-order valence-corrected chi connectivity index (χ3v) is 0. The molecule has 0 atom stereocenters. The predicted octanol–water partition coefficient (Wildman–Crippen LogP) is -2.20. The van der Waals surface area contributed by atoms with Crippen LogP contribution in [0.1, 0.15) is 0 Å². The summed E-state index contributed by atoms with van der Waals surface area (Å²) in [6, 6.07) is 0. The summed E-state index contributed by atoms with van der Waals surface area (Å²) >= 11 is 0. The molecule has 0 fully saturated rings. The summed E-state index contributed by atoms with van der Waals surface area (Å²) in [5, 5.41) is 0. The van der Waals surface area contributed by atoms with Gasteiger partial charge >= 0.3 is 52.8 Å². The van der Waals surface area contributed by atoms with E-state index in [1.54, 1.807) is 0 Å². The summed E-state index contributed by atoms with van der Waals surface area (Å²) in [6.45, 7) is 0. The SMILES string of the molecule is Cl.O=S(=O)(Cl)Cl.O=S(=O)(O)O.O=S(=O)([O-])[O-].O=S(=O)([O-])[O-].[Cu+2].[Cu+2]. The van der Waals surface area contributed by atoms with Gasteiger partial charge in [-0.15, -0.1) is 12.4 Å². The molecule has 2 N–H and O–H groups in total.